The zero-order valence-electron chi connectivity index (χ0n) is 9.83. The summed E-state index contributed by atoms with van der Waals surface area (Å²) in [5, 5.41) is 1.05. The highest BCUT2D eigenvalue weighted by atomic mass is 79.9. The lowest BCUT2D eigenvalue weighted by molar-refractivity contribution is 0.0797. The molecule has 0 aliphatic carbocycles. The van der Waals surface area contributed by atoms with E-state index in [1.807, 2.05) is 31.0 Å². The molecule has 4 heteroatoms. The van der Waals surface area contributed by atoms with E-state index in [1.165, 1.54) is 17.7 Å². The summed E-state index contributed by atoms with van der Waals surface area (Å²) in [4.78, 5) is 15.8. The zero-order chi connectivity index (χ0) is 12.0. The topological polar surface area (TPSA) is 20.3 Å². The fraction of sp³-hybridized carbons (Fsp3) is 0.583. The third-order valence-corrected chi connectivity index (χ3v) is 3.97. The molecule has 90 valence electrons. The summed E-state index contributed by atoms with van der Waals surface area (Å²) in [6, 6.07) is 3.91. The van der Waals surface area contributed by atoms with Gasteiger partial charge in [-0.05, 0) is 31.9 Å². The Morgan fingerprint density at radius 3 is 2.69 bits per heavy atom. The standard InChI is InChI=1S/C12H18BrNOS/c1-10-6-7-11(16-10)12(15)14(2)9-5-3-4-8-13/h6-7H,3-5,8-9H2,1-2H3. The molecular weight excluding hydrogens is 286 g/mol. The number of amides is 1. The molecule has 1 heterocycles. The molecule has 1 amide bonds. The van der Waals surface area contributed by atoms with Gasteiger partial charge in [0.2, 0.25) is 0 Å². The van der Waals surface area contributed by atoms with Gasteiger partial charge in [-0.15, -0.1) is 11.3 Å². The van der Waals surface area contributed by atoms with Crippen molar-refractivity contribution in [2.24, 2.45) is 0 Å². The summed E-state index contributed by atoms with van der Waals surface area (Å²) in [5.41, 5.74) is 0. The lowest BCUT2D eigenvalue weighted by Gasteiger charge is -2.15. The number of alkyl halides is 1. The maximum absolute atomic E-state index is 11.9. The molecule has 0 unspecified atom stereocenters. The normalized spacial score (nSPS) is 10.4. The van der Waals surface area contributed by atoms with Crippen LogP contribution in [0.15, 0.2) is 12.1 Å². The number of carbonyl (C=O) groups excluding carboxylic acids is 1. The number of thiophene rings is 1. The first kappa shape index (κ1) is 13.7. The Morgan fingerprint density at radius 2 is 2.12 bits per heavy atom. The molecular formula is C12H18BrNOS. The summed E-state index contributed by atoms with van der Waals surface area (Å²) in [7, 11) is 1.88. The van der Waals surface area contributed by atoms with E-state index < -0.39 is 0 Å². The molecule has 1 aromatic rings. The Labute approximate surface area is 110 Å². The van der Waals surface area contributed by atoms with E-state index in [9.17, 15) is 4.79 Å². The highest BCUT2D eigenvalue weighted by Crippen LogP contribution is 2.16. The Bertz CT molecular complexity index is 338. The molecule has 0 atom stereocenters. The number of hydrogen-bond acceptors (Lipinski definition) is 2. The van der Waals surface area contributed by atoms with Crippen molar-refractivity contribution in [3.05, 3.63) is 21.9 Å². The second-order valence-electron chi connectivity index (χ2n) is 3.89. The van der Waals surface area contributed by atoms with Gasteiger partial charge in [0.05, 0.1) is 4.88 Å². The van der Waals surface area contributed by atoms with Gasteiger partial charge in [0, 0.05) is 23.8 Å². The molecule has 2 nitrogen and oxygen atoms in total. The Kier molecular flexibility index (Phi) is 6.06. The van der Waals surface area contributed by atoms with Gasteiger partial charge in [-0.3, -0.25) is 4.79 Å². The minimum absolute atomic E-state index is 0.150. The first-order chi connectivity index (χ1) is 7.65. The molecule has 0 radical (unpaired) electrons. The molecule has 1 rings (SSSR count). The van der Waals surface area contributed by atoms with Crippen molar-refractivity contribution in [3.8, 4) is 0 Å². The van der Waals surface area contributed by atoms with Crippen LogP contribution in [0.25, 0.3) is 0 Å². The van der Waals surface area contributed by atoms with Crippen molar-refractivity contribution in [1.29, 1.82) is 0 Å². The molecule has 0 bridgehead atoms. The maximum Gasteiger partial charge on any atom is 0.263 e. The number of aryl methyl sites for hydroxylation is 1. The van der Waals surface area contributed by atoms with Crippen molar-refractivity contribution in [2.75, 3.05) is 18.9 Å². The Balaban J connectivity index is 2.36. The predicted octanol–water partition coefficient (Wildman–Crippen LogP) is 3.69. The number of unbranched alkanes of at least 4 members (excludes halogenated alkanes) is 2. The van der Waals surface area contributed by atoms with Crippen molar-refractivity contribution in [2.45, 2.75) is 26.2 Å². The number of rotatable bonds is 6. The van der Waals surface area contributed by atoms with E-state index in [0.717, 1.165) is 23.2 Å². The molecule has 0 saturated heterocycles. The van der Waals surface area contributed by atoms with Crippen LogP contribution in [-0.2, 0) is 0 Å². The van der Waals surface area contributed by atoms with Crippen LogP contribution in [0.3, 0.4) is 0 Å². The quantitative estimate of drug-likeness (QED) is 0.580. The molecule has 0 aromatic carbocycles. The van der Waals surface area contributed by atoms with Crippen molar-refractivity contribution >= 4 is 33.2 Å². The van der Waals surface area contributed by atoms with E-state index in [4.69, 9.17) is 0 Å². The maximum atomic E-state index is 11.9. The second kappa shape index (κ2) is 7.07. The fourth-order valence-corrected chi connectivity index (χ4v) is 2.72. The molecule has 0 N–H and O–H groups in total. The van der Waals surface area contributed by atoms with Gasteiger partial charge < -0.3 is 4.90 Å². The summed E-state index contributed by atoms with van der Waals surface area (Å²) in [6.45, 7) is 2.88. The predicted molar refractivity (Wildman–Crippen MR) is 73.7 cm³/mol. The highest BCUT2D eigenvalue weighted by molar-refractivity contribution is 9.09. The van der Waals surface area contributed by atoms with Crippen LogP contribution >= 0.6 is 27.3 Å². The number of halogens is 1. The minimum atomic E-state index is 0.150. The minimum Gasteiger partial charge on any atom is -0.341 e. The van der Waals surface area contributed by atoms with Crippen molar-refractivity contribution in [1.82, 2.24) is 4.90 Å². The zero-order valence-corrected chi connectivity index (χ0v) is 12.2. The lowest BCUT2D eigenvalue weighted by atomic mass is 10.2. The van der Waals surface area contributed by atoms with E-state index in [1.54, 1.807) is 11.3 Å². The number of hydrogen-bond donors (Lipinski definition) is 0. The molecule has 0 aliphatic rings. The van der Waals surface area contributed by atoms with Crippen LogP contribution in [0.1, 0.15) is 33.8 Å². The van der Waals surface area contributed by atoms with Gasteiger partial charge in [0.1, 0.15) is 0 Å². The van der Waals surface area contributed by atoms with Crippen LogP contribution in [0.2, 0.25) is 0 Å². The number of carbonyl (C=O) groups is 1. The van der Waals surface area contributed by atoms with E-state index in [2.05, 4.69) is 15.9 Å². The molecule has 0 aliphatic heterocycles. The largest absolute Gasteiger partial charge is 0.341 e. The van der Waals surface area contributed by atoms with Crippen LogP contribution in [-0.4, -0.2) is 29.7 Å². The van der Waals surface area contributed by atoms with E-state index in [0.29, 0.717) is 0 Å². The molecule has 0 spiro atoms. The number of nitrogens with zero attached hydrogens (tertiary/aromatic N) is 1. The Morgan fingerprint density at radius 1 is 1.38 bits per heavy atom. The average Bonchev–Trinajstić information content (AvgIpc) is 2.70. The fourth-order valence-electron chi connectivity index (χ4n) is 1.46. The van der Waals surface area contributed by atoms with Crippen LogP contribution < -0.4 is 0 Å². The molecule has 0 fully saturated rings. The third-order valence-electron chi connectivity index (χ3n) is 2.42. The van der Waals surface area contributed by atoms with Crippen LogP contribution in [0.4, 0.5) is 0 Å². The second-order valence-corrected chi connectivity index (χ2v) is 5.97. The van der Waals surface area contributed by atoms with Gasteiger partial charge in [-0.1, -0.05) is 22.4 Å². The van der Waals surface area contributed by atoms with Gasteiger partial charge in [-0.25, -0.2) is 0 Å². The van der Waals surface area contributed by atoms with E-state index >= 15 is 0 Å². The summed E-state index contributed by atoms with van der Waals surface area (Å²) < 4.78 is 0. The summed E-state index contributed by atoms with van der Waals surface area (Å²) in [5.74, 6) is 0.150. The van der Waals surface area contributed by atoms with Crippen LogP contribution in [0, 0.1) is 6.92 Å². The van der Waals surface area contributed by atoms with Gasteiger partial charge in [-0.2, -0.15) is 0 Å². The average molecular weight is 304 g/mol. The first-order valence-electron chi connectivity index (χ1n) is 5.53. The highest BCUT2D eigenvalue weighted by Gasteiger charge is 2.12. The van der Waals surface area contributed by atoms with Gasteiger partial charge in [0.15, 0.2) is 0 Å². The first-order valence-corrected chi connectivity index (χ1v) is 7.47. The Hall–Kier alpha value is -0.350. The SMILES string of the molecule is Cc1ccc(C(=O)N(C)CCCCCBr)s1. The van der Waals surface area contributed by atoms with E-state index in [-0.39, 0.29) is 5.91 Å². The van der Waals surface area contributed by atoms with Crippen molar-refractivity contribution < 1.29 is 4.79 Å². The molecule has 0 saturated carbocycles. The summed E-state index contributed by atoms with van der Waals surface area (Å²) >= 11 is 4.98. The summed E-state index contributed by atoms with van der Waals surface area (Å²) in [6.07, 6.45) is 3.44. The lowest BCUT2D eigenvalue weighted by Crippen LogP contribution is -2.26. The smallest absolute Gasteiger partial charge is 0.263 e. The molecule has 16 heavy (non-hydrogen) atoms. The van der Waals surface area contributed by atoms with Gasteiger partial charge >= 0.3 is 0 Å². The van der Waals surface area contributed by atoms with Gasteiger partial charge in [0.25, 0.3) is 5.91 Å². The molecule has 1 aromatic heterocycles. The van der Waals surface area contributed by atoms with Crippen molar-refractivity contribution in [3.63, 3.8) is 0 Å². The van der Waals surface area contributed by atoms with Crippen LogP contribution in [0.5, 0.6) is 0 Å². The monoisotopic (exact) mass is 303 g/mol. The third kappa shape index (κ3) is 4.26.